The topological polar surface area (TPSA) is 83.9 Å². The Morgan fingerprint density at radius 2 is 1.15 bits per heavy atom. The first-order chi connectivity index (χ1) is 22.9. The highest BCUT2D eigenvalue weighted by atomic mass is 16.5. The van der Waals surface area contributed by atoms with Crippen LogP contribution in [0.1, 0.15) is 54.4 Å². The summed E-state index contributed by atoms with van der Waals surface area (Å²) >= 11 is 0. The normalized spacial score (nSPS) is 39.6. The maximum absolute atomic E-state index is 11.0. The molecule has 8 nitrogen and oxygen atoms in total. The van der Waals surface area contributed by atoms with Gasteiger partial charge in [0.2, 0.25) is 0 Å². The molecule has 10 atom stereocenters. The fourth-order valence-corrected chi connectivity index (χ4v) is 11.4. The highest BCUT2D eigenvalue weighted by molar-refractivity contribution is 5.63. The van der Waals surface area contributed by atoms with Crippen molar-refractivity contribution in [2.45, 2.75) is 92.3 Å². The number of hydrogen-bond acceptors (Lipinski definition) is 8. The zero-order chi connectivity index (χ0) is 31.7. The minimum atomic E-state index is -0.597. The molecule has 4 bridgehead atoms. The SMILES string of the molecule is CN1CC[C@]23c4c5ccc(OCCCCCOc6ccc7c8c6O[C@H]6[C@@H](O)C=C[C@H]9[C@@H](C7)N(C)CC[C@@]896)c4O[C@H]2[C@@H](O)C=C[C@H]3[C@H]1C5. The molecule has 8 heteroatoms. The van der Waals surface area contributed by atoms with E-state index in [1.54, 1.807) is 0 Å². The molecule has 2 fully saturated rings. The van der Waals surface area contributed by atoms with Crippen molar-refractivity contribution in [2.24, 2.45) is 11.8 Å². The second-order valence-electron chi connectivity index (χ2n) is 15.6. The molecule has 0 aromatic heterocycles. The predicted octanol–water partition coefficient (Wildman–Crippen LogP) is 3.93. The molecule has 4 aliphatic heterocycles. The van der Waals surface area contributed by atoms with E-state index in [1.165, 1.54) is 22.3 Å². The van der Waals surface area contributed by atoms with Gasteiger partial charge in [-0.2, -0.15) is 0 Å². The number of piperidine rings is 2. The van der Waals surface area contributed by atoms with Gasteiger partial charge in [0, 0.05) is 45.9 Å². The number of benzene rings is 2. The van der Waals surface area contributed by atoms with Crippen molar-refractivity contribution in [1.29, 1.82) is 0 Å². The molecule has 0 radical (unpaired) electrons. The lowest BCUT2D eigenvalue weighted by Crippen LogP contribution is -2.64. The van der Waals surface area contributed by atoms with E-state index >= 15 is 0 Å². The summed E-state index contributed by atoms with van der Waals surface area (Å²) in [5.74, 6) is 4.09. The van der Waals surface area contributed by atoms with E-state index in [0.29, 0.717) is 37.1 Å². The molecular formula is C39H46N2O6. The molecule has 248 valence electrons. The van der Waals surface area contributed by atoms with E-state index in [-0.39, 0.29) is 23.0 Å². The van der Waals surface area contributed by atoms with Crippen molar-refractivity contribution in [3.63, 3.8) is 0 Å². The van der Waals surface area contributed by atoms with Crippen LogP contribution in [0.2, 0.25) is 0 Å². The minimum absolute atomic E-state index is 0.159. The molecule has 10 rings (SSSR count). The first-order valence-corrected chi connectivity index (χ1v) is 18.0. The van der Waals surface area contributed by atoms with E-state index in [0.717, 1.165) is 81.0 Å². The zero-order valence-corrected chi connectivity index (χ0v) is 27.4. The van der Waals surface area contributed by atoms with Crippen molar-refractivity contribution in [3.8, 4) is 23.0 Å². The molecule has 2 N–H and O–H groups in total. The van der Waals surface area contributed by atoms with Crippen LogP contribution in [0.3, 0.4) is 0 Å². The van der Waals surface area contributed by atoms with Crippen molar-refractivity contribution < 1.29 is 29.2 Å². The van der Waals surface area contributed by atoms with Crippen LogP contribution in [0.15, 0.2) is 48.6 Å². The molecule has 47 heavy (non-hydrogen) atoms. The Morgan fingerprint density at radius 1 is 0.681 bits per heavy atom. The van der Waals surface area contributed by atoms with Crippen LogP contribution < -0.4 is 18.9 Å². The maximum atomic E-state index is 11.0. The average Bonchev–Trinajstić information content (AvgIpc) is 3.61. The molecule has 4 heterocycles. The van der Waals surface area contributed by atoms with Crippen LogP contribution >= 0.6 is 0 Å². The van der Waals surface area contributed by atoms with Crippen molar-refractivity contribution in [1.82, 2.24) is 9.80 Å². The van der Waals surface area contributed by atoms with Gasteiger partial charge in [0.15, 0.2) is 23.0 Å². The van der Waals surface area contributed by atoms with Crippen LogP contribution in [0.4, 0.5) is 0 Å². The van der Waals surface area contributed by atoms with Gasteiger partial charge in [-0.05, 0) is 95.4 Å². The number of unbranched alkanes of at least 4 members (excludes halogenated alkanes) is 2. The number of aliphatic hydroxyl groups is 2. The quantitative estimate of drug-likeness (QED) is 0.333. The summed E-state index contributed by atoms with van der Waals surface area (Å²) in [6, 6.07) is 9.54. The molecule has 0 amide bonds. The summed E-state index contributed by atoms with van der Waals surface area (Å²) in [6.45, 7) is 3.27. The number of aliphatic hydroxyl groups excluding tert-OH is 2. The lowest BCUT2D eigenvalue weighted by atomic mass is 9.53. The maximum Gasteiger partial charge on any atom is 0.165 e. The van der Waals surface area contributed by atoms with Gasteiger partial charge in [-0.25, -0.2) is 0 Å². The number of likely N-dealkylation sites (tertiary alicyclic amines) is 2. The van der Waals surface area contributed by atoms with Crippen LogP contribution in [-0.4, -0.2) is 96.9 Å². The summed E-state index contributed by atoms with van der Waals surface area (Å²) in [7, 11) is 4.47. The fraction of sp³-hybridized carbons (Fsp3) is 0.590. The zero-order valence-electron chi connectivity index (χ0n) is 27.4. The largest absolute Gasteiger partial charge is 0.490 e. The van der Waals surface area contributed by atoms with Crippen LogP contribution in [0.5, 0.6) is 23.0 Å². The van der Waals surface area contributed by atoms with Gasteiger partial charge in [0.25, 0.3) is 0 Å². The molecule has 2 saturated heterocycles. The summed E-state index contributed by atoms with van der Waals surface area (Å²) < 4.78 is 26.0. The lowest BCUT2D eigenvalue weighted by Gasteiger charge is -2.56. The standard InChI is InChI=1S/C39H46N2O6/c1-40-16-14-38-24-8-10-28(42)36(38)46-34-30(12-6-22(32(34)38)20-26(24)40)44-18-4-3-5-19-45-31-13-7-23-21-27-25-9-11-29(43)37-39(25,15-17-41(27)2)33(23)35(31)47-37/h6-13,24-29,36-37,42-43H,3-5,14-21H2,1-2H3/t24-,25-,26+,27+,28-,29-,36-,37-,38-,39-/m0/s1. The Bertz CT molecular complexity index is 1570. The van der Waals surface area contributed by atoms with Gasteiger partial charge in [-0.15, -0.1) is 0 Å². The van der Waals surface area contributed by atoms with Crippen LogP contribution in [0, 0.1) is 11.8 Å². The highest BCUT2D eigenvalue weighted by Crippen LogP contribution is 2.64. The van der Waals surface area contributed by atoms with Gasteiger partial charge in [0.1, 0.15) is 24.4 Å². The summed E-state index contributed by atoms with van der Waals surface area (Å²) in [5.41, 5.74) is 4.99. The number of hydrogen-bond donors (Lipinski definition) is 2. The van der Waals surface area contributed by atoms with E-state index < -0.39 is 12.2 Å². The fourth-order valence-electron chi connectivity index (χ4n) is 11.4. The van der Waals surface area contributed by atoms with Gasteiger partial charge < -0.3 is 39.0 Å². The first-order valence-electron chi connectivity index (χ1n) is 18.0. The molecule has 2 aromatic rings. The number of ether oxygens (including phenoxy) is 4. The van der Waals surface area contributed by atoms with Crippen molar-refractivity contribution >= 4 is 0 Å². The smallest absolute Gasteiger partial charge is 0.165 e. The van der Waals surface area contributed by atoms with Crippen LogP contribution in [0.25, 0.3) is 0 Å². The van der Waals surface area contributed by atoms with E-state index in [4.69, 9.17) is 18.9 Å². The average molecular weight is 639 g/mol. The third-order valence-electron chi connectivity index (χ3n) is 13.6. The molecule has 8 aliphatic rings. The lowest BCUT2D eigenvalue weighted by molar-refractivity contribution is -0.0454. The van der Waals surface area contributed by atoms with Crippen LogP contribution in [-0.2, 0) is 23.7 Å². The third-order valence-corrected chi connectivity index (χ3v) is 13.6. The van der Waals surface area contributed by atoms with Crippen molar-refractivity contribution in [2.75, 3.05) is 40.4 Å². The Hall–Kier alpha value is -3.04. The third kappa shape index (κ3) is 3.73. The summed E-state index contributed by atoms with van der Waals surface area (Å²) in [6.07, 6.45) is 13.6. The van der Waals surface area contributed by atoms with Gasteiger partial charge >= 0.3 is 0 Å². The highest BCUT2D eigenvalue weighted by Gasteiger charge is 2.65. The predicted molar refractivity (Wildman–Crippen MR) is 177 cm³/mol. The molecular weight excluding hydrogens is 592 g/mol. The van der Waals surface area contributed by atoms with Gasteiger partial charge in [-0.3, -0.25) is 0 Å². The van der Waals surface area contributed by atoms with E-state index in [9.17, 15) is 10.2 Å². The first kappa shape index (κ1) is 28.9. The Labute approximate surface area is 276 Å². The Balaban J connectivity index is 0.796. The second kappa shape index (κ2) is 10.2. The Morgan fingerprint density at radius 3 is 1.62 bits per heavy atom. The van der Waals surface area contributed by atoms with E-state index in [2.05, 4.69) is 60.3 Å². The number of nitrogens with zero attached hydrogens (tertiary/aromatic N) is 2. The van der Waals surface area contributed by atoms with Crippen molar-refractivity contribution in [3.05, 3.63) is 70.8 Å². The molecule has 0 unspecified atom stereocenters. The second-order valence-corrected chi connectivity index (χ2v) is 15.6. The van der Waals surface area contributed by atoms with Gasteiger partial charge in [-0.1, -0.05) is 36.4 Å². The molecule has 2 spiro atoms. The van der Waals surface area contributed by atoms with Gasteiger partial charge in [0.05, 0.1) is 13.2 Å². The number of likely N-dealkylation sites (N-methyl/N-ethyl adjacent to an activating group) is 2. The molecule has 0 saturated carbocycles. The summed E-state index contributed by atoms with van der Waals surface area (Å²) in [4.78, 5) is 4.98. The number of rotatable bonds is 8. The minimum Gasteiger partial charge on any atom is -0.490 e. The Kier molecular flexibility index (Phi) is 6.30. The molecule has 2 aromatic carbocycles. The monoisotopic (exact) mass is 638 g/mol. The molecule has 4 aliphatic carbocycles. The summed E-state index contributed by atoms with van der Waals surface area (Å²) in [5, 5.41) is 22.0. The van der Waals surface area contributed by atoms with E-state index in [1.807, 2.05) is 12.2 Å².